The van der Waals surface area contributed by atoms with Gasteiger partial charge in [-0.1, -0.05) is 48.5 Å². The Kier molecular flexibility index (Phi) is 5.64. The minimum atomic E-state index is -0.0237. The normalized spacial score (nSPS) is 9.96. The third-order valence-corrected chi connectivity index (χ3v) is 4.01. The first-order valence-corrected chi connectivity index (χ1v) is 8.39. The highest BCUT2D eigenvalue weighted by Gasteiger charge is 2.15. The predicted molar refractivity (Wildman–Crippen MR) is 104 cm³/mol. The third-order valence-electron chi connectivity index (χ3n) is 4.01. The Balaban J connectivity index is 1.73. The molecule has 0 aliphatic carbocycles. The van der Waals surface area contributed by atoms with E-state index in [1.807, 2.05) is 60.7 Å². The fourth-order valence-electron chi connectivity index (χ4n) is 2.63. The summed E-state index contributed by atoms with van der Waals surface area (Å²) >= 11 is 0. The second-order valence-corrected chi connectivity index (χ2v) is 5.84. The number of benzene rings is 3. The van der Waals surface area contributed by atoms with Crippen LogP contribution in [-0.4, -0.2) is 12.5 Å². The molecule has 0 fully saturated rings. The number of nitrogens with one attached hydrogen (secondary N) is 1. The summed E-state index contributed by atoms with van der Waals surface area (Å²) in [5.74, 6) is -0.0237. The molecule has 4 nitrogen and oxygen atoms in total. The summed E-state index contributed by atoms with van der Waals surface area (Å²) in [5, 5.41) is 12.0. The van der Waals surface area contributed by atoms with Crippen LogP contribution in [0, 0.1) is 11.3 Å². The summed E-state index contributed by atoms with van der Waals surface area (Å²) in [7, 11) is 0. The van der Waals surface area contributed by atoms with Crippen molar-refractivity contribution in [2.45, 2.75) is 6.54 Å². The zero-order valence-electron chi connectivity index (χ0n) is 14.3. The van der Waals surface area contributed by atoms with Crippen molar-refractivity contribution in [2.24, 2.45) is 0 Å². The minimum Gasteiger partial charge on any atom is -0.376 e. The zero-order chi connectivity index (χ0) is 18.2. The van der Waals surface area contributed by atoms with E-state index in [1.165, 1.54) is 0 Å². The summed E-state index contributed by atoms with van der Waals surface area (Å²) < 4.78 is 0. The maximum Gasteiger partial charge on any atom is 0.246 e. The lowest BCUT2D eigenvalue weighted by molar-refractivity contribution is -0.117. The molecule has 3 rings (SSSR count). The molecule has 1 N–H and O–H groups in total. The highest BCUT2D eigenvalue weighted by molar-refractivity contribution is 5.96. The van der Waals surface area contributed by atoms with Gasteiger partial charge in [-0.25, -0.2) is 0 Å². The number of anilines is 2. The number of para-hydroxylation sites is 1. The molecule has 0 bridgehead atoms. The van der Waals surface area contributed by atoms with E-state index in [4.69, 9.17) is 5.26 Å². The molecule has 0 radical (unpaired) electrons. The van der Waals surface area contributed by atoms with Gasteiger partial charge in [0.05, 0.1) is 24.7 Å². The molecule has 0 saturated heterocycles. The number of nitriles is 1. The monoisotopic (exact) mass is 341 g/mol. The largest absolute Gasteiger partial charge is 0.376 e. The second kappa shape index (κ2) is 8.50. The standard InChI is InChI=1S/C22H19N3O/c23-15-18-11-13-20(14-12-18)24-16-22(26)25(21-9-5-2-6-10-21)17-19-7-3-1-4-8-19/h1-14,24H,16-17H2. The van der Waals surface area contributed by atoms with Crippen LogP contribution >= 0.6 is 0 Å². The van der Waals surface area contributed by atoms with Gasteiger partial charge in [0, 0.05) is 11.4 Å². The molecule has 0 atom stereocenters. The molecule has 0 aliphatic heterocycles. The Bertz CT molecular complexity index is 884. The number of rotatable bonds is 6. The van der Waals surface area contributed by atoms with Gasteiger partial charge < -0.3 is 10.2 Å². The van der Waals surface area contributed by atoms with Gasteiger partial charge in [-0.15, -0.1) is 0 Å². The van der Waals surface area contributed by atoms with Gasteiger partial charge in [0.15, 0.2) is 0 Å². The third kappa shape index (κ3) is 4.49. The molecule has 0 saturated carbocycles. The SMILES string of the molecule is N#Cc1ccc(NCC(=O)N(Cc2ccccc2)c2ccccc2)cc1. The molecule has 1 amide bonds. The van der Waals surface area contributed by atoms with E-state index >= 15 is 0 Å². The Morgan fingerprint density at radius 2 is 1.50 bits per heavy atom. The summed E-state index contributed by atoms with van der Waals surface area (Å²) in [4.78, 5) is 14.6. The molecule has 3 aromatic carbocycles. The van der Waals surface area contributed by atoms with E-state index in [2.05, 4.69) is 11.4 Å². The smallest absolute Gasteiger partial charge is 0.246 e. The first-order valence-electron chi connectivity index (χ1n) is 8.39. The van der Waals surface area contributed by atoms with Gasteiger partial charge in [-0.05, 0) is 42.0 Å². The van der Waals surface area contributed by atoms with Gasteiger partial charge in [0.2, 0.25) is 5.91 Å². The molecular formula is C22H19N3O. The lowest BCUT2D eigenvalue weighted by Gasteiger charge is -2.23. The van der Waals surface area contributed by atoms with Gasteiger partial charge in [0.25, 0.3) is 0 Å². The van der Waals surface area contributed by atoms with Crippen LogP contribution in [0.2, 0.25) is 0 Å². The lowest BCUT2D eigenvalue weighted by atomic mass is 10.2. The summed E-state index contributed by atoms with van der Waals surface area (Å²) in [6, 6.07) is 28.7. The molecule has 0 unspecified atom stereocenters. The van der Waals surface area contributed by atoms with E-state index in [-0.39, 0.29) is 12.5 Å². The maximum absolute atomic E-state index is 12.9. The molecule has 0 spiro atoms. The Morgan fingerprint density at radius 3 is 2.12 bits per heavy atom. The number of carbonyl (C=O) groups is 1. The molecule has 0 aliphatic rings. The fourth-order valence-corrected chi connectivity index (χ4v) is 2.63. The average molecular weight is 341 g/mol. The van der Waals surface area contributed by atoms with Crippen molar-refractivity contribution >= 4 is 17.3 Å². The highest BCUT2D eigenvalue weighted by Crippen LogP contribution is 2.17. The van der Waals surface area contributed by atoms with Gasteiger partial charge in [-0.3, -0.25) is 4.79 Å². The first-order chi connectivity index (χ1) is 12.8. The van der Waals surface area contributed by atoms with Crippen LogP contribution < -0.4 is 10.2 Å². The molecule has 0 heterocycles. The number of hydrogen-bond donors (Lipinski definition) is 1. The molecule has 0 aromatic heterocycles. The van der Waals surface area contributed by atoms with Crippen LogP contribution in [0.4, 0.5) is 11.4 Å². The van der Waals surface area contributed by atoms with Crippen molar-refractivity contribution < 1.29 is 4.79 Å². The topological polar surface area (TPSA) is 56.1 Å². The summed E-state index contributed by atoms with van der Waals surface area (Å²) in [5.41, 5.74) is 3.34. The fraction of sp³-hybridized carbons (Fsp3) is 0.0909. The molecule has 4 heteroatoms. The summed E-state index contributed by atoms with van der Waals surface area (Å²) in [6.07, 6.45) is 0. The van der Waals surface area contributed by atoms with Crippen LogP contribution in [0.15, 0.2) is 84.9 Å². The number of nitrogens with zero attached hydrogens (tertiary/aromatic N) is 2. The van der Waals surface area contributed by atoms with Crippen molar-refractivity contribution in [3.8, 4) is 6.07 Å². The van der Waals surface area contributed by atoms with E-state index < -0.39 is 0 Å². The van der Waals surface area contributed by atoms with Crippen LogP contribution in [-0.2, 0) is 11.3 Å². The highest BCUT2D eigenvalue weighted by atomic mass is 16.2. The van der Waals surface area contributed by atoms with Crippen molar-refractivity contribution in [1.29, 1.82) is 5.26 Å². The molecule has 3 aromatic rings. The molecule has 128 valence electrons. The summed E-state index contributed by atoms with van der Waals surface area (Å²) in [6.45, 7) is 0.687. The number of amides is 1. The van der Waals surface area contributed by atoms with Crippen LogP contribution in [0.25, 0.3) is 0 Å². The quantitative estimate of drug-likeness (QED) is 0.731. The second-order valence-electron chi connectivity index (χ2n) is 5.84. The van der Waals surface area contributed by atoms with Crippen LogP contribution in [0.3, 0.4) is 0 Å². The van der Waals surface area contributed by atoms with Gasteiger partial charge in [0.1, 0.15) is 0 Å². The van der Waals surface area contributed by atoms with Crippen LogP contribution in [0.1, 0.15) is 11.1 Å². The van der Waals surface area contributed by atoms with Crippen molar-refractivity contribution in [3.05, 3.63) is 96.1 Å². The predicted octanol–water partition coefficient (Wildman–Crippen LogP) is 4.20. The van der Waals surface area contributed by atoms with E-state index in [0.29, 0.717) is 12.1 Å². The van der Waals surface area contributed by atoms with Gasteiger partial charge >= 0.3 is 0 Å². The zero-order valence-corrected chi connectivity index (χ0v) is 14.3. The average Bonchev–Trinajstić information content (AvgIpc) is 2.72. The maximum atomic E-state index is 12.9. The van der Waals surface area contributed by atoms with Crippen molar-refractivity contribution in [2.75, 3.05) is 16.8 Å². The van der Waals surface area contributed by atoms with Crippen LogP contribution in [0.5, 0.6) is 0 Å². The number of carbonyl (C=O) groups excluding carboxylic acids is 1. The van der Waals surface area contributed by atoms with Gasteiger partial charge in [-0.2, -0.15) is 5.26 Å². The Hall–Kier alpha value is -3.58. The van der Waals surface area contributed by atoms with E-state index in [9.17, 15) is 4.79 Å². The minimum absolute atomic E-state index is 0.0237. The Morgan fingerprint density at radius 1 is 0.885 bits per heavy atom. The first kappa shape index (κ1) is 17.2. The van der Waals surface area contributed by atoms with Crippen molar-refractivity contribution in [3.63, 3.8) is 0 Å². The number of hydrogen-bond acceptors (Lipinski definition) is 3. The lowest BCUT2D eigenvalue weighted by Crippen LogP contribution is -2.35. The molecular weight excluding hydrogens is 322 g/mol. The van der Waals surface area contributed by atoms with Crippen molar-refractivity contribution in [1.82, 2.24) is 0 Å². The van der Waals surface area contributed by atoms with E-state index in [1.54, 1.807) is 29.2 Å². The molecule has 26 heavy (non-hydrogen) atoms. The van der Waals surface area contributed by atoms with E-state index in [0.717, 1.165) is 16.9 Å². The Labute approximate surface area is 153 Å².